The average molecular weight is 190 g/mol. The lowest BCUT2D eigenvalue weighted by molar-refractivity contribution is 0.358. The maximum atomic E-state index is 11.8. The van der Waals surface area contributed by atoms with Crippen molar-refractivity contribution in [3.8, 4) is 0 Å². The van der Waals surface area contributed by atoms with Crippen molar-refractivity contribution >= 4 is 9.92 Å². The van der Waals surface area contributed by atoms with Gasteiger partial charge in [-0.2, -0.15) is 0 Å². The summed E-state index contributed by atoms with van der Waals surface area (Å²) in [5.74, 6) is 0. The molecule has 1 unspecified atom stereocenters. The molecule has 1 atom stereocenters. The Morgan fingerprint density at radius 3 is 2.17 bits per heavy atom. The Labute approximate surface area is 75.3 Å². The molecule has 1 aliphatic rings. The lowest BCUT2D eigenvalue weighted by Crippen LogP contribution is -2.38. The van der Waals surface area contributed by atoms with Crippen LogP contribution in [0.4, 0.5) is 0 Å². The second kappa shape index (κ2) is 3.75. The zero-order chi connectivity index (χ0) is 9.19. The first-order valence-corrected chi connectivity index (χ1v) is 6.15. The Kier molecular flexibility index (Phi) is 3.12. The molecule has 72 valence electrons. The van der Waals surface area contributed by atoms with E-state index in [9.17, 15) is 4.21 Å². The number of hydrogen-bond acceptors (Lipinski definition) is 2. The van der Waals surface area contributed by atoms with Crippen molar-refractivity contribution in [1.82, 2.24) is 4.31 Å². The van der Waals surface area contributed by atoms with E-state index in [4.69, 9.17) is 4.78 Å². The standard InChI is InChI=1S/C8H18N2OS/c1-8(2)12(9,11)10-6-4-3-5-7-10/h8-9H,3-7H2,1-2H3. The zero-order valence-electron chi connectivity index (χ0n) is 7.88. The Morgan fingerprint density at radius 1 is 1.25 bits per heavy atom. The third-order valence-corrected chi connectivity index (χ3v) is 4.75. The van der Waals surface area contributed by atoms with Gasteiger partial charge in [-0.05, 0) is 26.7 Å². The van der Waals surface area contributed by atoms with E-state index < -0.39 is 9.92 Å². The fourth-order valence-corrected chi connectivity index (χ4v) is 2.83. The van der Waals surface area contributed by atoms with Crippen LogP contribution in [0.1, 0.15) is 33.1 Å². The molecule has 0 aromatic rings. The molecule has 1 rings (SSSR count). The van der Waals surface area contributed by atoms with Crippen molar-refractivity contribution in [1.29, 1.82) is 4.78 Å². The molecule has 0 spiro atoms. The van der Waals surface area contributed by atoms with Gasteiger partial charge in [0.25, 0.3) is 0 Å². The topological polar surface area (TPSA) is 44.2 Å². The fourth-order valence-electron chi connectivity index (χ4n) is 1.43. The van der Waals surface area contributed by atoms with Crippen LogP contribution in [0.3, 0.4) is 0 Å². The van der Waals surface area contributed by atoms with E-state index in [1.54, 1.807) is 0 Å². The second-order valence-electron chi connectivity index (χ2n) is 3.61. The van der Waals surface area contributed by atoms with Crippen LogP contribution < -0.4 is 0 Å². The molecule has 0 radical (unpaired) electrons. The number of nitrogens with zero attached hydrogens (tertiary/aromatic N) is 1. The molecule has 0 aliphatic carbocycles. The maximum absolute atomic E-state index is 11.8. The molecule has 0 amide bonds. The lowest BCUT2D eigenvalue weighted by Gasteiger charge is -2.30. The van der Waals surface area contributed by atoms with Gasteiger partial charge in [0.05, 0.1) is 5.25 Å². The zero-order valence-corrected chi connectivity index (χ0v) is 8.69. The van der Waals surface area contributed by atoms with Crippen LogP contribution in [0.15, 0.2) is 0 Å². The summed E-state index contributed by atoms with van der Waals surface area (Å²) in [5, 5.41) is -0.0457. The van der Waals surface area contributed by atoms with Crippen molar-refractivity contribution in [2.24, 2.45) is 0 Å². The lowest BCUT2D eigenvalue weighted by atomic mass is 10.2. The molecule has 3 nitrogen and oxygen atoms in total. The van der Waals surface area contributed by atoms with Gasteiger partial charge in [0, 0.05) is 13.1 Å². The third kappa shape index (κ3) is 1.98. The van der Waals surface area contributed by atoms with E-state index in [0.29, 0.717) is 0 Å². The summed E-state index contributed by atoms with van der Waals surface area (Å²) < 4.78 is 21.4. The van der Waals surface area contributed by atoms with Crippen molar-refractivity contribution < 1.29 is 4.21 Å². The Hall–Kier alpha value is -0.0900. The van der Waals surface area contributed by atoms with Crippen molar-refractivity contribution in [3.05, 3.63) is 0 Å². The van der Waals surface area contributed by atoms with Crippen LogP contribution in [-0.2, 0) is 9.92 Å². The van der Waals surface area contributed by atoms with Crippen LogP contribution >= 0.6 is 0 Å². The van der Waals surface area contributed by atoms with Crippen molar-refractivity contribution in [2.75, 3.05) is 13.1 Å². The van der Waals surface area contributed by atoms with Crippen LogP contribution in [0, 0.1) is 4.78 Å². The Balaban J connectivity index is 2.67. The SMILES string of the molecule is CC(C)S(=N)(=O)N1CCCCC1. The first-order valence-electron chi connectivity index (χ1n) is 4.58. The molecular weight excluding hydrogens is 172 g/mol. The predicted octanol–water partition coefficient (Wildman–Crippen LogP) is 1.84. The molecular formula is C8H18N2OS. The van der Waals surface area contributed by atoms with Gasteiger partial charge in [0.2, 0.25) is 0 Å². The van der Waals surface area contributed by atoms with Crippen LogP contribution in [0.5, 0.6) is 0 Å². The highest BCUT2D eigenvalue weighted by atomic mass is 32.2. The molecule has 4 heteroatoms. The van der Waals surface area contributed by atoms with E-state index in [1.165, 1.54) is 6.42 Å². The third-order valence-electron chi connectivity index (χ3n) is 2.34. The van der Waals surface area contributed by atoms with Gasteiger partial charge < -0.3 is 0 Å². The molecule has 1 N–H and O–H groups in total. The molecule has 1 aliphatic heterocycles. The normalized spacial score (nSPS) is 25.6. The molecule has 0 bridgehead atoms. The summed E-state index contributed by atoms with van der Waals surface area (Å²) in [7, 11) is -2.47. The van der Waals surface area contributed by atoms with Gasteiger partial charge in [-0.1, -0.05) is 6.42 Å². The summed E-state index contributed by atoms with van der Waals surface area (Å²) in [5.41, 5.74) is 0. The molecule has 1 saturated heterocycles. The van der Waals surface area contributed by atoms with Crippen molar-refractivity contribution in [3.63, 3.8) is 0 Å². The van der Waals surface area contributed by atoms with Gasteiger partial charge in [-0.25, -0.2) is 13.3 Å². The number of piperidine rings is 1. The van der Waals surface area contributed by atoms with Gasteiger partial charge in [-0.3, -0.25) is 0 Å². The minimum Gasteiger partial charge on any atom is -0.240 e. The first kappa shape index (κ1) is 9.99. The minimum absolute atomic E-state index is 0.0457. The predicted molar refractivity (Wildman–Crippen MR) is 51.4 cm³/mol. The summed E-state index contributed by atoms with van der Waals surface area (Å²) >= 11 is 0. The molecule has 0 aromatic carbocycles. The number of hydrogen-bond donors (Lipinski definition) is 1. The van der Waals surface area contributed by atoms with E-state index in [-0.39, 0.29) is 5.25 Å². The number of nitrogens with one attached hydrogen (secondary N) is 1. The highest BCUT2D eigenvalue weighted by Crippen LogP contribution is 2.16. The van der Waals surface area contributed by atoms with E-state index in [0.717, 1.165) is 25.9 Å². The Bertz CT molecular complexity index is 227. The van der Waals surface area contributed by atoms with E-state index >= 15 is 0 Å². The van der Waals surface area contributed by atoms with Gasteiger partial charge >= 0.3 is 0 Å². The molecule has 12 heavy (non-hydrogen) atoms. The second-order valence-corrected chi connectivity index (χ2v) is 6.20. The van der Waals surface area contributed by atoms with Gasteiger partial charge in [0.1, 0.15) is 9.92 Å². The minimum atomic E-state index is -2.47. The maximum Gasteiger partial charge on any atom is 0.110 e. The van der Waals surface area contributed by atoms with Gasteiger partial charge in [-0.15, -0.1) is 0 Å². The summed E-state index contributed by atoms with van der Waals surface area (Å²) in [6.45, 7) is 5.43. The molecule has 1 heterocycles. The molecule has 1 fully saturated rings. The largest absolute Gasteiger partial charge is 0.240 e. The summed E-state index contributed by atoms with van der Waals surface area (Å²) in [6, 6.07) is 0. The van der Waals surface area contributed by atoms with Crippen molar-refractivity contribution in [2.45, 2.75) is 38.4 Å². The molecule has 0 saturated carbocycles. The fraction of sp³-hybridized carbons (Fsp3) is 1.00. The molecule has 0 aromatic heterocycles. The monoisotopic (exact) mass is 190 g/mol. The van der Waals surface area contributed by atoms with Gasteiger partial charge in [0.15, 0.2) is 0 Å². The summed E-state index contributed by atoms with van der Waals surface area (Å²) in [4.78, 5) is 0. The highest BCUT2D eigenvalue weighted by Gasteiger charge is 2.22. The smallest absolute Gasteiger partial charge is 0.110 e. The number of rotatable bonds is 2. The van der Waals surface area contributed by atoms with Crippen LogP contribution in [-0.4, -0.2) is 26.9 Å². The van der Waals surface area contributed by atoms with Crippen LogP contribution in [0.25, 0.3) is 0 Å². The van der Waals surface area contributed by atoms with Crippen LogP contribution in [0.2, 0.25) is 0 Å². The highest BCUT2D eigenvalue weighted by molar-refractivity contribution is 7.90. The quantitative estimate of drug-likeness (QED) is 0.709. The first-order chi connectivity index (χ1) is 5.55. The summed E-state index contributed by atoms with van der Waals surface area (Å²) in [6.07, 6.45) is 3.43. The average Bonchev–Trinajstić information content (AvgIpc) is 2.06. The Morgan fingerprint density at radius 2 is 1.75 bits per heavy atom. The van der Waals surface area contributed by atoms with E-state index in [2.05, 4.69) is 0 Å². The van der Waals surface area contributed by atoms with E-state index in [1.807, 2.05) is 18.2 Å².